The molecule has 1 atom stereocenters. The van der Waals surface area contributed by atoms with Crippen molar-refractivity contribution < 1.29 is 4.79 Å². The summed E-state index contributed by atoms with van der Waals surface area (Å²) in [6, 6.07) is -0.146. The van der Waals surface area contributed by atoms with E-state index in [2.05, 4.69) is 11.0 Å². The highest BCUT2D eigenvalue weighted by Gasteiger charge is 1.94. The van der Waals surface area contributed by atoms with Crippen molar-refractivity contribution in [3.63, 3.8) is 0 Å². The Morgan fingerprint density at radius 3 is 2.44 bits per heavy atom. The molecule has 0 bridgehead atoms. The summed E-state index contributed by atoms with van der Waals surface area (Å²) >= 11 is 0. The second-order valence-electron chi connectivity index (χ2n) is 2.08. The molecule has 0 amide bonds. The van der Waals surface area contributed by atoms with E-state index in [1.165, 1.54) is 0 Å². The second kappa shape index (κ2) is 4.43. The first-order valence-corrected chi connectivity index (χ1v) is 2.80. The van der Waals surface area contributed by atoms with E-state index in [1.54, 1.807) is 11.9 Å². The summed E-state index contributed by atoms with van der Waals surface area (Å²) in [4.78, 5) is 10.00. The van der Waals surface area contributed by atoms with Crippen molar-refractivity contribution in [2.45, 2.75) is 13.0 Å². The maximum atomic E-state index is 10.00. The van der Waals surface area contributed by atoms with E-state index in [0.29, 0.717) is 0 Å². The molecule has 9 heavy (non-hydrogen) atoms. The first-order valence-electron chi connectivity index (χ1n) is 2.80. The van der Waals surface area contributed by atoms with E-state index in [-0.39, 0.29) is 6.04 Å². The average molecular weight is 131 g/mol. The highest BCUT2D eigenvalue weighted by molar-refractivity contribution is 5.56. The fourth-order valence-electron chi connectivity index (χ4n) is 0.265. The number of hydrazine groups is 2. The van der Waals surface area contributed by atoms with Gasteiger partial charge < -0.3 is 4.79 Å². The third-order valence-corrected chi connectivity index (χ3v) is 0.720. The Bertz CT molecular complexity index is 84.3. The van der Waals surface area contributed by atoms with Crippen LogP contribution in [0.1, 0.15) is 6.92 Å². The lowest BCUT2D eigenvalue weighted by molar-refractivity contribution is -0.109. The molecule has 0 aliphatic carbocycles. The van der Waals surface area contributed by atoms with Crippen LogP contribution in [0.2, 0.25) is 0 Å². The summed E-state index contributed by atoms with van der Waals surface area (Å²) in [7, 11) is 3.68. The SMILES string of the molecule is CC(C=O)NNN(C)C. The predicted octanol–water partition coefficient (Wildman–Crippen LogP) is -0.855. The van der Waals surface area contributed by atoms with Crippen molar-refractivity contribution in [2.24, 2.45) is 0 Å². The Kier molecular flexibility index (Phi) is 4.21. The smallest absolute Gasteiger partial charge is 0.138 e. The zero-order valence-corrected chi connectivity index (χ0v) is 6.01. The zero-order valence-electron chi connectivity index (χ0n) is 6.01. The zero-order chi connectivity index (χ0) is 7.28. The number of carbonyl (C=O) groups is 1. The van der Waals surface area contributed by atoms with Gasteiger partial charge in [0.2, 0.25) is 0 Å². The van der Waals surface area contributed by atoms with Crippen LogP contribution in [0.3, 0.4) is 0 Å². The van der Waals surface area contributed by atoms with Crippen molar-refractivity contribution >= 4 is 6.29 Å². The average Bonchev–Trinajstić information content (AvgIpc) is 1.83. The van der Waals surface area contributed by atoms with E-state index in [9.17, 15) is 4.79 Å². The largest absolute Gasteiger partial charge is 0.302 e. The van der Waals surface area contributed by atoms with Crippen LogP contribution in [0.25, 0.3) is 0 Å². The highest BCUT2D eigenvalue weighted by Crippen LogP contribution is 1.67. The van der Waals surface area contributed by atoms with Gasteiger partial charge in [-0.05, 0) is 6.92 Å². The molecule has 0 fully saturated rings. The minimum Gasteiger partial charge on any atom is -0.302 e. The number of rotatable bonds is 4. The van der Waals surface area contributed by atoms with Gasteiger partial charge in [0.05, 0.1) is 6.04 Å². The van der Waals surface area contributed by atoms with Gasteiger partial charge >= 0.3 is 0 Å². The van der Waals surface area contributed by atoms with Crippen LogP contribution < -0.4 is 11.0 Å². The van der Waals surface area contributed by atoms with Crippen molar-refractivity contribution in [1.82, 2.24) is 16.0 Å². The molecule has 1 unspecified atom stereocenters. The number of hydrogen-bond acceptors (Lipinski definition) is 4. The van der Waals surface area contributed by atoms with Gasteiger partial charge in [-0.2, -0.15) is 5.53 Å². The van der Waals surface area contributed by atoms with Crippen molar-refractivity contribution in [1.29, 1.82) is 0 Å². The van der Waals surface area contributed by atoms with E-state index in [1.807, 2.05) is 14.1 Å². The quantitative estimate of drug-likeness (QED) is 0.385. The molecule has 0 spiro atoms. The molecule has 0 aliphatic heterocycles. The van der Waals surface area contributed by atoms with Gasteiger partial charge in [0.1, 0.15) is 6.29 Å². The fraction of sp³-hybridized carbons (Fsp3) is 0.800. The van der Waals surface area contributed by atoms with E-state index >= 15 is 0 Å². The summed E-state index contributed by atoms with van der Waals surface area (Å²) in [5, 5.41) is 1.72. The van der Waals surface area contributed by atoms with Crippen LogP contribution in [0.4, 0.5) is 0 Å². The molecule has 0 saturated carbocycles. The number of carbonyl (C=O) groups excluding carboxylic acids is 1. The fourth-order valence-corrected chi connectivity index (χ4v) is 0.265. The third-order valence-electron chi connectivity index (χ3n) is 0.720. The van der Waals surface area contributed by atoms with Crippen molar-refractivity contribution in [3.8, 4) is 0 Å². The summed E-state index contributed by atoms with van der Waals surface area (Å²) in [5.74, 6) is 0. The van der Waals surface area contributed by atoms with Crippen molar-refractivity contribution in [2.75, 3.05) is 14.1 Å². The lowest BCUT2D eigenvalue weighted by Gasteiger charge is -2.14. The van der Waals surface area contributed by atoms with Crippen LogP contribution in [-0.4, -0.2) is 31.4 Å². The molecule has 4 nitrogen and oxygen atoms in total. The van der Waals surface area contributed by atoms with Crippen LogP contribution in [-0.2, 0) is 4.79 Å². The maximum absolute atomic E-state index is 10.00. The molecule has 0 aromatic heterocycles. The van der Waals surface area contributed by atoms with Crippen molar-refractivity contribution in [3.05, 3.63) is 0 Å². The molecule has 0 saturated heterocycles. The summed E-state index contributed by atoms with van der Waals surface area (Å²) in [5.41, 5.74) is 5.49. The van der Waals surface area contributed by atoms with Gasteiger partial charge in [0.15, 0.2) is 0 Å². The van der Waals surface area contributed by atoms with Gasteiger partial charge in [-0.15, -0.1) is 0 Å². The summed E-state index contributed by atoms with van der Waals surface area (Å²) in [6.45, 7) is 1.77. The minimum absolute atomic E-state index is 0.146. The Balaban J connectivity index is 3.16. The second-order valence-corrected chi connectivity index (χ2v) is 2.08. The third kappa shape index (κ3) is 5.42. The standard InChI is InChI=1S/C5H13N3O/c1-5(4-9)6-7-8(2)3/h4-7H,1-3H3. The topological polar surface area (TPSA) is 44.4 Å². The lowest BCUT2D eigenvalue weighted by Crippen LogP contribution is -2.47. The highest BCUT2D eigenvalue weighted by atomic mass is 16.1. The molecule has 0 aliphatic rings. The van der Waals surface area contributed by atoms with E-state index in [4.69, 9.17) is 0 Å². The minimum atomic E-state index is -0.146. The molecule has 2 N–H and O–H groups in total. The molecule has 4 heteroatoms. The Morgan fingerprint density at radius 2 is 2.11 bits per heavy atom. The number of nitrogens with zero attached hydrogens (tertiary/aromatic N) is 1. The molecule has 0 heterocycles. The van der Waals surface area contributed by atoms with E-state index in [0.717, 1.165) is 6.29 Å². The molecule has 0 aromatic carbocycles. The summed E-state index contributed by atoms with van der Waals surface area (Å²) < 4.78 is 0. The number of aldehydes is 1. The molecular weight excluding hydrogens is 118 g/mol. The van der Waals surface area contributed by atoms with Crippen LogP contribution in [0, 0.1) is 0 Å². The molecular formula is C5H13N3O. The van der Waals surface area contributed by atoms with Gasteiger partial charge in [0, 0.05) is 14.1 Å². The molecule has 0 rings (SSSR count). The van der Waals surface area contributed by atoms with Gasteiger partial charge in [0.25, 0.3) is 0 Å². The normalized spacial score (nSPS) is 13.8. The predicted molar refractivity (Wildman–Crippen MR) is 35.5 cm³/mol. The van der Waals surface area contributed by atoms with Gasteiger partial charge in [-0.3, -0.25) is 0 Å². The monoisotopic (exact) mass is 131 g/mol. The maximum Gasteiger partial charge on any atom is 0.138 e. The first kappa shape index (κ1) is 8.55. The van der Waals surface area contributed by atoms with Crippen LogP contribution in [0.15, 0.2) is 0 Å². The number of nitrogens with one attached hydrogen (secondary N) is 2. The Morgan fingerprint density at radius 1 is 1.56 bits per heavy atom. The summed E-state index contributed by atoms with van der Waals surface area (Å²) in [6.07, 6.45) is 0.830. The van der Waals surface area contributed by atoms with E-state index < -0.39 is 0 Å². The van der Waals surface area contributed by atoms with Gasteiger partial charge in [-0.25, -0.2) is 10.4 Å². The lowest BCUT2D eigenvalue weighted by atomic mass is 10.4. The van der Waals surface area contributed by atoms with Crippen LogP contribution >= 0.6 is 0 Å². The molecule has 0 radical (unpaired) electrons. The Hall–Kier alpha value is -0.450. The van der Waals surface area contributed by atoms with Gasteiger partial charge in [-0.1, -0.05) is 0 Å². The first-order chi connectivity index (χ1) is 4.16. The number of hydrogen-bond donors (Lipinski definition) is 2. The Labute approximate surface area is 55.2 Å². The van der Waals surface area contributed by atoms with Crippen LogP contribution in [0.5, 0.6) is 0 Å². The molecule has 0 aromatic rings. The molecule has 54 valence electrons.